The summed E-state index contributed by atoms with van der Waals surface area (Å²) in [6.07, 6.45) is 2.25. The minimum atomic E-state index is -0.222. The minimum Gasteiger partial charge on any atom is -0.497 e. The molecule has 0 radical (unpaired) electrons. The van der Waals surface area contributed by atoms with Gasteiger partial charge in [0.1, 0.15) is 11.8 Å². The van der Waals surface area contributed by atoms with Gasteiger partial charge in [0.25, 0.3) is 5.91 Å². The highest BCUT2D eigenvalue weighted by atomic mass is 16.5. The van der Waals surface area contributed by atoms with Gasteiger partial charge in [-0.1, -0.05) is 30.3 Å². The van der Waals surface area contributed by atoms with Crippen LogP contribution in [-0.4, -0.2) is 49.0 Å². The van der Waals surface area contributed by atoms with Crippen LogP contribution in [-0.2, 0) is 4.79 Å². The SMILES string of the molecule is COc1ccc(C(=O)NC2CCN(C(=O)C3CC(c4ccccc4)NN3)CC2)cc1. The highest BCUT2D eigenvalue weighted by molar-refractivity contribution is 5.94. The van der Waals surface area contributed by atoms with Crippen molar-refractivity contribution in [2.24, 2.45) is 0 Å². The second-order valence-electron chi connectivity index (χ2n) is 7.84. The number of ether oxygens (including phenoxy) is 1. The van der Waals surface area contributed by atoms with Gasteiger partial charge in [-0.3, -0.25) is 9.59 Å². The van der Waals surface area contributed by atoms with Crippen LogP contribution >= 0.6 is 0 Å². The number of amides is 2. The van der Waals surface area contributed by atoms with Gasteiger partial charge in [-0.05, 0) is 49.1 Å². The van der Waals surface area contributed by atoms with Gasteiger partial charge in [0, 0.05) is 30.7 Å². The Morgan fingerprint density at radius 1 is 1.00 bits per heavy atom. The van der Waals surface area contributed by atoms with Crippen LogP contribution in [0.5, 0.6) is 5.75 Å². The molecule has 2 aliphatic rings. The summed E-state index contributed by atoms with van der Waals surface area (Å²) in [7, 11) is 1.60. The van der Waals surface area contributed by atoms with E-state index in [0.29, 0.717) is 18.7 Å². The van der Waals surface area contributed by atoms with E-state index in [1.807, 2.05) is 23.1 Å². The first-order chi connectivity index (χ1) is 14.6. The number of hydrazine groups is 1. The van der Waals surface area contributed by atoms with Crippen molar-refractivity contribution in [3.8, 4) is 5.75 Å². The lowest BCUT2D eigenvalue weighted by Crippen LogP contribution is -2.51. The number of methoxy groups -OCH3 is 1. The zero-order valence-electron chi connectivity index (χ0n) is 17.1. The first-order valence-corrected chi connectivity index (χ1v) is 10.4. The molecule has 3 N–H and O–H groups in total. The summed E-state index contributed by atoms with van der Waals surface area (Å²) in [6.45, 7) is 1.31. The normalized spacial score (nSPS) is 22.0. The lowest BCUT2D eigenvalue weighted by molar-refractivity contribution is -0.134. The Labute approximate surface area is 176 Å². The molecular formula is C23H28N4O3. The van der Waals surface area contributed by atoms with Gasteiger partial charge in [-0.25, -0.2) is 10.9 Å². The maximum atomic E-state index is 12.9. The van der Waals surface area contributed by atoms with Gasteiger partial charge in [0.2, 0.25) is 5.91 Å². The van der Waals surface area contributed by atoms with Crippen molar-refractivity contribution in [1.82, 2.24) is 21.1 Å². The smallest absolute Gasteiger partial charge is 0.251 e. The Bertz CT molecular complexity index is 864. The summed E-state index contributed by atoms with van der Waals surface area (Å²) in [4.78, 5) is 27.3. The average molecular weight is 409 g/mol. The third kappa shape index (κ3) is 4.63. The van der Waals surface area contributed by atoms with E-state index in [0.717, 1.165) is 25.0 Å². The van der Waals surface area contributed by atoms with Crippen LogP contribution < -0.4 is 20.9 Å². The van der Waals surface area contributed by atoms with Crippen LogP contribution in [0.4, 0.5) is 0 Å². The summed E-state index contributed by atoms with van der Waals surface area (Å²) in [5, 5.41) is 3.08. The topological polar surface area (TPSA) is 82.7 Å². The molecule has 0 aromatic heterocycles. The summed E-state index contributed by atoms with van der Waals surface area (Å²) >= 11 is 0. The van der Waals surface area contributed by atoms with Crippen molar-refractivity contribution in [1.29, 1.82) is 0 Å². The van der Waals surface area contributed by atoms with E-state index in [-0.39, 0.29) is 29.9 Å². The van der Waals surface area contributed by atoms with Crippen LogP contribution in [0.25, 0.3) is 0 Å². The number of piperidine rings is 1. The fraction of sp³-hybridized carbons (Fsp3) is 0.391. The number of hydrogen-bond donors (Lipinski definition) is 3. The van der Waals surface area contributed by atoms with Gasteiger partial charge >= 0.3 is 0 Å². The van der Waals surface area contributed by atoms with Crippen molar-refractivity contribution in [2.75, 3.05) is 20.2 Å². The van der Waals surface area contributed by atoms with E-state index < -0.39 is 0 Å². The molecule has 7 heteroatoms. The molecule has 0 bridgehead atoms. The fourth-order valence-corrected chi connectivity index (χ4v) is 4.10. The largest absolute Gasteiger partial charge is 0.497 e. The zero-order valence-corrected chi connectivity index (χ0v) is 17.1. The minimum absolute atomic E-state index is 0.0791. The van der Waals surface area contributed by atoms with Crippen molar-refractivity contribution >= 4 is 11.8 Å². The van der Waals surface area contributed by atoms with Crippen LogP contribution in [0, 0.1) is 0 Å². The van der Waals surface area contributed by atoms with E-state index in [9.17, 15) is 9.59 Å². The van der Waals surface area contributed by atoms with Crippen LogP contribution in [0.3, 0.4) is 0 Å². The number of benzene rings is 2. The lowest BCUT2D eigenvalue weighted by Gasteiger charge is -2.33. The highest BCUT2D eigenvalue weighted by Gasteiger charge is 2.34. The van der Waals surface area contributed by atoms with Crippen LogP contribution in [0.15, 0.2) is 54.6 Å². The predicted molar refractivity (Wildman–Crippen MR) is 114 cm³/mol. The van der Waals surface area contributed by atoms with Crippen LogP contribution in [0.1, 0.15) is 41.2 Å². The van der Waals surface area contributed by atoms with E-state index in [1.165, 1.54) is 5.56 Å². The Kier molecular flexibility index (Phi) is 6.30. The molecule has 0 saturated carbocycles. The molecule has 2 saturated heterocycles. The fourth-order valence-electron chi connectivity index (χ4n) is 4.10. The Hall–Kier alpha value is -2.90. The van der Waals surface area contributed by atoms with E-state index >= 15 is 0 Å². The third-order valence-corrected chi connectivity index (χ3v) is 5.90. The predicted octanol–water partition coefficient (Wildman–Crippen LogP) is 2.02. The highest BCUT2D eigenvalue weighted by Crippen LogP contribution is 2.24. The third-order valence-electron chi connectivity index (χ3n) is 5.90. The molecule has 4 rings (SSSR count). The molecule has 7 nitrogen and oxygen atoms in total. The van der Waals surface area contributed by atoms with Gasteiger partial charge in [0.05, 0.1) is 7.11 Å². The Morgan fingerprint density at radius 2 is 1.70 bits per heavy atom. The molecule has 2 atom stereocenters. The second kappa shape index (κ2) is 9.28. The second-order valence-corrected chi connectivity index (χ2v) is 7.84. The van der Waals surface area contributed by atoms with Crippen LogP contribution in [0.2, 0.25) is 0 Å². The average Bonchev–Trinajstić information content (AvgIpc) is 3.30. The summed E-state index contributed by atoms with van der Waals surface area (Å²) < 4.78 is 5.13. The van der Waals surface area contributed by atoms with E-state index in [4.69, 9.17) is 4.74 Å². The van der Waals surface area contributed by atoms with Gasteiger partial charge in [-0.2, -0.15) is 0 Å². The molecule has 0 aliphatic carbocycles. The lowest BCUT2D eigenvalue weighted by atomic mass is 10.00. The van der Waals surface area contributed by atoms with E-state index in [2.05, 4.69) is 28.3 Å². The van der Waals surface area contributed by atoms with Crippen molar-refractivity contribution in [3.05, 3.63) is 65.7 Å². The quantitative estimate of drug-likeness (QED) is 0.705. The zero-order chi connectivity index (χ0) is 20.9. The number of nitrogens with zero attached hydrogens (tertiary/aromatic N) is 1. The summed E-state index contributed by atoms with van der Waals surface area (Å²) in [6, 6.07) is 17.2. The number of hydrogen-bond acceptors (Lipinski definition) is 5. The molecule has 2 aliphatic heterocycles. The summed E-state index contributed by atoms with van der Waals surface area (Å²) in [5.74, 6) is 0.763. The van der Waals surface area contributed by atoms with Crippen molar-refractivity contribution < 1.29 is 14.3 Å². The number of likely N-dealkylation sites (tertiary alicyclic amines) is 1. The van der Waals surface area contributed by atoms with Gasteiger partial charge in [-0.15, -0.1) is 0 Å². The van der Waals surface area contributed by atoms with Gasteiger partial charge < -0.3 is 15.0 Å². The molecule has 2 aromatic carbocycles. The maximum Gasteiger partial charge on any atom is 0.251 e. The summed E-state index contributed by atoms with van der Waals surface area (Å²) in [5.41, 5.74) is 8.19. The van der Waals surface area contributed by atoms with Crippen molar-refractivity contribution in [2.45, 2.75) is 37.4 Å². The molecular weight excluding hydrogens is 380 g/mol. The standard InChI is InChI=1S/C23H28N4O3/c1-30-19-9-7-17(8-10-19)22(28)24-18-11-13-27(14-12-18)23(29)21-15-20(25-26-21)16-5-3-2-4-6-16/h2-10,18,20-21,25-26H,11-15H2,1H3,(H,24,28). The Balaban J connectivity index is 1.25. The molecule has 2 unspecified atom stereocenters. The first-order valence-electron chi connectivity index (χ1n) is 10.4. The first kappa shape index (κ1) is 20.4. The van der Waals surface area contributed by atoms with Crippen molar-refractivity contribution in [3.63, 3.8) is 0 Å². The molecule has 2 fully saturated rings. The molecule has 158 valence electrons. The Morgan fingerprint density at radius 3 is 2.37 bits per heavy atom. The molecule has 2 aromatic rings. The number of rotatable bonds is 5. The number of carbonyl (C=O) groups excluding carboxylic acids is 2. The molecule has 0 spiro atoms. The molecule has 30 heavy (non-hydrogen) atoms. The number of carbonyl (C=O) groups is 2. The molecule has 2 heterocycles. The van der Waals surface area contributed by atoms with Gasteiger partial charge in [0.15, 0.2) is 0 Å². The molecule has 2 amide bonds. The number of nitrogens with one attached hydrogen (secondary N) is 3. The van der Waals surface area contributed by atoms with E-state index in [1.54, 1.807) is 31.4 Å². The maximum absolute atomic E-state index is 12.9. The monoisotopic (exact) mass is 408 g/mol.